The summed E-state index contributed by atoms with van der Waals surface area (Å²) in [7, 11) is 1.61. The van der Waals surface area contributed by atoms with Crippen molar-refractivity contribution in [1.82, 2.24) is 15.1 Å². The molecule has 1 atom stereocenters. The quantitative estimate of drug-likeness (QED) is 0.716. The highest BCUT2D eigenvalue weighted by Crippen LogP contribution is 2.17. The number of methoxy groups -OCH3 is 1. The fourth-order valence-electron chi connectivity index (χ4n) is 2.77. The van der Waals surface area contributed by atoms with Crippen LogP contribution in [0.25, 0.3) is 11.3 Å². The number of carbonyl (C=O) groups is 1. The van der Waals surface area contributed by atoms with Crippen molar-refractivity contribution in [3.05, 3.63) is 82.1 Å². The van der Waals surface area contributed by atoms with E-state index in [0.717, 1.165) is 22.4 Å². The maximum atomic E-state index is 12.5. The molecule has 0 radical (unpaired) electrons. The van der Waals surface area contributed by atoms with Crippen LogP contribution in [0.3, 0.4) is 0 Å². The Hall–Kier alpha value is -3.41. The standard InChI is InChI=1S/C22H23N3O3/c1-15-4-8-18(9-5-15)20-12-13-21(26)25(24-20)16(2)22(27)23-14-17-6-10-19(28-3)11-7-17/h4-13,16H,14H2,1-3H3,(H,23,27). The van der Waals surface area contributed by atoms with Crippen LogP contribution in [-0.2, 0) is 11.3 Å². The zero-order valence-corrected chi connectivity index (χ0v) is 16.2. The molecule has 1 amide bonds. The molecule has 1 heterocycles. The van der Waals surface area contributed by atoms with Gasteiger partial charge in [0.2, 0.25) is 5.91 Å². The van der Waals surface area contributed by atoms with Crippen LogP contribution in [0.4, 0.5) is 0 Å². The van der Waals surface area contributed by atoms with E-state index < -0.39 is 6.04 Å². The summed E-state index contributed by atoms with van der Waals surface area (Å²) in [5.74, 6) is 0.485. The Morgan fingerprint density at radius 2 is 1.75 bits per heavy atom. The molecule has 0 fully saturated rings. The van der Waals surface area contributed by atoms with E-state index in [1.807, 2.05) is 55.5 Å². The van der Waals surface area contributed by atoms with E-state index in [1.165, 1.54) is 10.7 Å². The normalized spacial score (nSPS) is 11.7. The van der Waals surface area contributed by atoms with Gasteiger partial charge >= 0.3 is 0 Å². The molecule has 3 rings (SSSR count). The van der Waals surface area contributed by atoms with Crippen molar-refractivity contribution in [2.75, 3.05) is 7.11 Å². The Labute approximate surface area is 163 Å². The van der Waals surface area contributed by atoms with E-state index in [4.69, 9.17) is 4.74 Å². The number of benzene rings is 2. The maximum absolute atomic E-state index is 12.5. The molecule has 0 saturated carbocycles. The monoisotopic (exact) mass is 377 g/mol. The molecule has 6 nitrogen and oxygen atoms in total. The second-order valence-electron chi connectivity index (χ2n) is 6.61. The lowest BCUT2D eigenvalue weighted by Gasteiger charge is -2.15. The van der Waals surface area contributed by atoms with Crippen molar-refractivity contribution in [2.45, 2.75) is 26.4 Å². The third kappa shape index (κ3) is 4.46. The predicted octanol–water partition coefficient (Wildman–Crippen LogP) is 3.10. The first kappa shape index (κ1) is 19.4. The maximum Gasteiger partial charge on any atom is 0.267 e. The van der Waals surface area contributed by atoms with Gasteiger partial charge in [-0.05, 0) is 37.6 Å². The number of nitrogens with zero attached hydrogens (tertiary/aromatic N) is 2. The summed E-state index contributed by atoms with van der Waals surface area (Å²) in [6.45, 7) is 4.03. The molecular formula is C22H23N3O3. The molecule has 2 aromatic carbocycles. The number of rotatable bonds is 6. The molecule has 0 spiro atoms. The zero-order chi connectivity index (χ0) is 20.1. The minimum absolute atomic E-state index is 0.272. The molecule has 0 bridgehead atoms. The van der Waals surface area contributed by atoms with Crippen LogP contribution in [0.15, 0.2) is 65.5 Å². The summed E-state index contributed by atoms with van der Waals surface area (Å²) in [4.78, 5) is 24.8. The third-order valence-corrected chi connectivity index (χ3v) is 4.54. The smallest absolute Gasteiger partial charge is 0.267 e. The lowest BCUT2D eigenvalue weighted by Crippen LogP contribution is -2.36. The van der Waals surface area contributed by atoms with Crippen molar-refractivity contribution >= 4 is 5.91 Å². The Morgan fingerprint density at radius 3 is 2.39 bits per heavy atom. The first-order valence-electron chi connectivity index (χ1n) is 9.05. The summed E-state index contributed by atoms with van der Waals surface area (Å²) in [6.07, 6.45) is 0. The van der Waals surface area contributed by atoms with Crippen LogP contribution in [0, 0.1) is 6.92 Å². The Bertz CT molecular complexity index is 1010. The lowest BCUT2D eigenvalue weighted by molar-refractivity contribution is -0.124. The molecule has 1 aromatic heterocycles. The van der Waals surface area contributed by atoms with Crippen LogP contribution in [-0.4, -0.2) is 22.8 Å². The van der Waals surface area contributed by atoms with Gasteiger partial charge in [0, 0.05) is 18.2 Å². The zero-order valence-electron chi connectivity index (χ0n) is 16.2. The fraction of sp³-hybridized carbons (Fsp3) is 0.227. The van der Waals surface area contributed by atoms with E-state index >= 15 is 0 Å². The number of hydrogen-bond acceptors (Lipinski definition) is 4. The lowest BCUT2D eigenvalue weighted by atomic mass is 10.1. The average Bonchev–Trinajstić information content (AvgIpc) is 2.73. The third-order valence-electron chi connectivity index (χ3n) is 4.54. The van der Waals surface area contributed by atoms with Crippen LogP contribution < -0.4 is 15.6 Å². The molecular weight excluding hydrogens is 354 g/mol. The topological polar surface area (TPSA) is 73.2 Å². The molecule has 1 unspecified atom stereocenters. The Morgan fingerprint density at radius 1 is 1.07 bits per heavy atom. The van der Waals surface area contributed by atoms with Crippen molar-refractivity contribution < 1.29 is 9.53 Å². The van der Waals surface area contributed by atoms with Gasteiger partial charge in [0.25, 0.3) is 5.56 Å². The number of aromatic nitrogens is 2. The molecule has 144 valence electrons. The van der Waals surface area contributed by atoms with Crippen molar-refractivity contribution in [3.8, 4) is 17.0 Å². The van der Waals surface area contributed by atoms with Crippen molar-refractivity contribution in [3.63, 3.8) is 0 Å². The highest BCUT2D eigenvalue weighted by Gasteiger charge is 2.18. The van der Waals surface area contributed by atoms with E-state index in [2.05, 4.69) is 10.4 Å². The predicted molar refractivity (Wildman–Crippen MR) is 108 cm³/mol. The molecule has 0 aliphatic rings. The van der Waals surface area contributed by atoms with E-state index in [9.17, 15) is 9.59 Å². The fourth-order valence-corrected chi connectivity index (χ4v) is 2.77. The van der Waals surface area contributed by atoms with E-state index in [-0.39, 0.29) is 11.5 Å². The number of carbonyl (C=O) groups excluding carboxylic acids is 1. The highest BCUT2D eigenvalue weighted by atomic mass is 16.5. The van der Waals surface area contributed by atoms with E-state index in [0.29, 0.717) is 12.2 Å². The molecule has 1 N–H and O–H groups in total. The number of ether oxygens (including phenoxy) is 1. The first-order valence-corrected chi connectivity index (χ1v) is 9.05. The Kier molecular flexibility index (Phi) is 5.89. The summed E-state index contributed by atoms with van der Waals surface area (Å²) >= 11 is 0. The number of hydrogen-bond donors (Lipinski definition) is 1. The minimum Gasteiger partial charge on any atom is -0.497 e. The molecule has 0 saturated heterocycles. The van der Waals surface area contributed by atoms with Crippen molar-refractivity contribution in [2.24, 2.45) is 0 Å². The van der Waals surface area contributed by atoms with Gasteiger partial charge < -0.3 is 10.1 Å². The number of aryl methyl sites for hydroxylation is 1. The summed E-state index contributed by atoms with van der Waals surface area (Å²) in [6, 6.07) is 17.7. The van der Waals surface area contributed by atoms with Crippen LogP contribution in [0.5, 0.6) is 5.75 Å². The SMILES string of the molecule is COc1ccc(CNC(=O)C(C)n2nc(-c3ccc(C)cc3)ccc2=O)cc1. The summed E-state index contributed by atoms with van der Waals surface area (Å²) < 4.78 is 6.35. The van der Waals surface area contributed by atoms with Crippen LogP contribution in [0.1, 0.15) is 24.1 Å². The van der Waals surface area contributed by atoms with Gasteiger partial charge in [-0.25, -0.2) is 4.68 Å². The van der Waals surface area contributed by atoms with Crippen LogP contribution >= 0.6 is 0 Å². The van der Waals surface area contributed by atoms with Crippen molar-refractivity contribution in [1.29, 1.82) is 0 Å². The molecule has 6 heteroatoms. The van der Waals surface area contributed by atoms with Gasteiger partial charge in [0.05, 0.1) is 12.8 Å². The molecule has 0 aliphatic carbocycles. The van der Waals surface area contributed by atoms with Gasteiger partial charge in [-0.15, -0.1) is 0 Å². The van der Waals surface area contributed by atoms with Gasteiger partial charge in [-0.2, -0.15) is 5.10 Å². The molecule has 3 aromatic rings. The molecule has 0 aliphatic heterocycles. The number of amides is 1. The van der Waals surface area contributed by atoms with Crippen LogP contribution in [0.2, 0.25) is 0 Å². The summed E-state index contributed by atoms with van der Waals surface area (Å²) in [5, 5.41) is 7.25. The first-order chi connectivity index (χ1) is 13.5. The highest BCUT2D eigenvalue weighted by molar-refractivity contribution is 5.79. The largest absolute Gasteiger partial charge is 0.497 e. The van der Waals surface area contributed by atoms with Gasteiger partial charge in [-0.1, -0.05) is 42.0 Å². The average molecular weight is 377 g/mol. The number of nitrogens with one attached hydrogen (secondary N) is 1. The molecule has 28 heavy (non-hydrogen) atoms. The Balaban J connectivity index is 1.74. The summed E-state index contributed by atoms with van der Waals surface area (Å²) in [5.41, 5.74) is 3.31. The second-order valence-corrected chi connectivity index (χ2v) is 6.61. The van der Waals surface area contributed by atoms with Gasteiger partial charge in [-0.3, -0.25) is 9.59 Å². The van der Waals surface area contributed by atoms with Gasteiger partial charge in [0.15, 0.2) is 0 Å². The van der Waals surface area contributed by atoms with Gasteiger partial charge in [0.1, 0.15) is 11.8 Å². The second kappa shape index (κ2) is 8.52. The minimum atomic E-state index is -0.726. The van der Waals surface area contributed by atoms with E-state index in [1.54, 1.807) is 20.1 Å².